The Kier molecular flexibility index (Phi) is 6.89. The third-order valence-corrected chi connectivity index (χ3v) is 5.58. The van der Waals surface area contributed by atoms with Gasteiger partial charge in [-0.05, 0) is 56.5 Å². The van der Waals surface area contributed by atoms with Gasteiger partial charge in [0.05, 0.1) is 0 Å². The Balaban J connectivity index is 1.59. The fourth-order valence-electron chi connectivity index (χ4n) is 3.87. The van der Waals surface area contributed by atoms with Gasteiger partial charge in [0, 0.05) is 41.8 Å². The van der Waals surface area contributed by atoms with E-state index < -0.39 is 0 Å². The molecule has 0 aromatic heterocycles. The number of carbonyl (C=O) groups is 1. The molecule has 0 amide bonds. The summed E-state index contributed by atoms with van der Waals surface area (Å²) in [5.74, 6) is 0. The number of hydrogen-bond acceptors (Lipinski definition) is 4. The van der Waals surface area contributed by atoms with E-state index in [0.717, 1.165) is 66.8 Å². The van der Waals surface area contributed by atoms with E-state index >= 15 is 0 Å². The summed E-state index contributed by atoms with van der Waals surface area (Å²) in [4.78, 5) is 14.0. The number of hydrogen-bond donors (Lipinski definition) is 2. The van der Waals surface area contributed by atoms with Crippen molar-refractivity contribution >= 4 is 12.0 Å². The van der Waals surface area contributed by atoms with Crippen LogP contribution in [0.3, 0.4) is 0 Å². The molecule has 2 N–H and O–H groups in total. The molecule has 1 aliphatic rings. The highest BCUT2D eigenvalue weighted by molar-refractivity contribution is 5.79. The number of allylic oxidation sites excluding steroid dienone is 1. The summed E-state index contributed by atoms with van der Waals surface area (Å²) in [5, 5.41) is 6.69. The number of aryl methyl sites for hydroxylation is 1. The molecule has 0 saturated carbocycles. The first-order valence-corrected chi connectivity index (χ1v) is 10.2. The first-order chi connectivity index (χ1) is 14.0. The van der Waals surface area contributed by atoms with E-state index in [-0.39, 0.29) is 0 Å². The number of nitrogens with one attached hydrogen (secondary N) is 2. The van der Waals surface area contributed by atoms with Gasteiger partial charge >= 0.3 is 0 Å². The zero-order chi connectivity index (χ0) is 20.8. The molecule has 3 rings (SSSR count). The molecular formula is C25H31N3O. The third kappa shape index (κ3) is 5.58. The highest BCUT2D eigenvalue weighted by atomic mass is 16.1. The monoisotopic (exact) mass is 389 g/mol. The molecule has 2 aromatic carbocycles. The van der Waals surface area contributed by atoms with Crippen molar-refractivity contribution in [2.45, 2.75) is 38.8 Å². The van der Waals surface area contributed by atoms with Crippen LogP contribution in [-0.2, 0) is 13.0 Å². The topological polar surface area (TPSA) is 44.4 Å². The van der Waals surface area contributed by atoms with Gasteiger partial charge in [-0.2, -0.15) is 0 Å². The molecular weight excluding hydrogens is 358 g/mol. The predicted molar refractivity (Wildman–Crippen MR) is 121 cm³/mol. The van der Waals surface area contributed by atoms with E-state index in [0.29, 0.717) is 6.04 Å². The molecule has 29 heavy (non-hydrogen) atoms. The van der Waals surface area contributed by atoms with E-state index in [9.17, 15) is 4.79 Å². The zero-order valence-corrected chi connectivity index (χ0v) is 17.5. The molecule has 1 aliphatic heterocycles. The minimum absolute atomic E-state index is 0.301. The second-order valence-electron chi connectivity index (χ2n) is 7.91. The molecule has 1 heterocycles. The number of likely N-dealkylation sites (N-methyl/N-ethyl adjacent to an activating group) is 1. The van der Waals surface area contributed by atoms with Crippen LogP contribution in [-0.4, -0.2) is 30.8 Å². The SMILES string of the molecule is C=C1CCC(N(C)CCc2ccc(NCc3cccc(C)c3)cc2C=O)C(=C)N1. The van der Waals surface area contributed by atoms with Crippen LogP contribution in [0.1, 0.15) is 39.9 Å². The van der Waals surface area contributed by atoms with Crippen LogP contribution in [0.5, 0.6) is 0 Å². The largest absolute Gasteiger partial charge is 0.381 e. The van der Waals surface area contributed by atoms with Gasteiger partial charge in [0.15, 0.2) is 0 Å². The second kappa shape index (κ2) is 9.57. The fourth-order valence-corrected chi connectivity index (χ4v) is 3.87. The number of nitrogens with zero attached hydrogens (tertiary/aromatic N) is 1. The fraction of sp³-hybridized carbons (Fsp3) is 0.320. The van der Waals surface area contributed by atoms with E-state index in [4.69, 9.17) is 0 Å². The lowest BCUT2D eigenvalue weighted by Gasteiger charge is -2.34. The minimum atomic E-state index is 0.301. The van der Waals surface area contributed by atoms with Crippen molar-refractivity contribution in [1.29, 1.82) is 0 Å². The van der Waals surface area contributed by atoms with Crippen LogP contribution in [0.4, 0.5) is 5.69 Å². The highest BCUT2D eigenvalue weighted by Gasteiger charge is 2.22. The molecule has 4 heteroatoms. The van der Waals surface area contributed by atoms with Crippen molar-refractivity contribution in [3.8, 4) is 0 Å². The highest BCUT2D eigenvalue weighted by Crippen LogP contribution is 2.22. The van der Waals surface area contributed by atoms with Crippen molar-refractivity contribution in [3.63, 3.8) is 0 Å². The number of anilines is 1. The molecule has 1 unspecified atom stereocenters. The Labute approximate surface area is 174 Å². The molecule has 4 nitrogen and oxygen atoms in total. The van der Waals surface area contributed by atoms with Gasteiger partial charge < -0.3 is 10.6 Å². The maximum Gasteiger partial charge on any atom is 0.150 e. The second-order valence-corrected chi connectivity index (χ2v) is 7.91. The molecule has 0 spiro atoms. The molecule has 1 saturated heterocycles. The summed E-state index contributed by atoms with van der Waals surface area (Å²) in [7, 11) is 2.12. The number of rotatable bonds is 8. The van der Waals surface area contributed by atoms with E-state index in [1.54, 1.807) is 0 Å². The third-order valence-electron chi connectivity index (χ3n) is 5.58. The van der Waals surface area contributed by atoms with Crippen molar-refractivity contribution in [2.24, 2.45) is 0 Å². The standard InChI is InChI=1S/C25H31N3O/c1-18-6-5-7-21(14-18)16-26-24-10-9-22(23(15-24)17-29)12-13-28(4)25-11-8-19(2)27-20(25)3/h5-7,9-10,14-15,17,25-27H,2-3,8,11-13,16H2,1,4H3. The lowest BCUT2D eigenvalue weighted by molar-refractivity contribution is 0.112. The summed E-state index contributed by atoms with van der Waals surface area (Å²) >= 11 is 0. The summed E-state index contributed by atoms with van der Waals surface area (Å²) in [6.45, 7) is 11.8. The van der Waals surface area contributed by atoms with Crippen LogP contribution in [0, 0.1) is 6.92 Å². The van der Waals surface area contributed by atoms with Gasteiger partial charge in [0.1, 0.15) is 6.29 Å². The molecule has 0 aliphatic carbocycles. The summed E-state index contributed by atoms with van der Waals surface area (Å²) in [6, 6.07) is 14.8. The number of carbonyl (C=O) groups excluding carboxylic acids is 1. The molecule has 1 fully saturated rings. The normalized spacial score (nSPS) is 16.6. The Bertz CT molecular complexity index is 903. The van der Waals surface area contributed by atoms with E-state index in [1.165, 1.54) is 11.1 Å². The number of aldehydes is 1. The van der Waals surface area contributed by atoms with Crippen LogP contribution in [0.15, 0.2) is 67.0 Å². The average molecular weight is 390 g/mol. The quantitative estimate of drug-likeness (QED) is 0.644. The molecule has 0 radical (unpaired) electrons. The summed E-state index contributed by atoms with van der Waals surface area (Å²) < 4.78 is 0. The Morgan fingerprint density at radius 1 is 1.24 bits per heavy atom. The molecule has 2 aromatic rings. The summed E-state index contributed by atoms with van der Waals surface area (Å²) in [5.41, 5.74) is 7.32. The van der Waals surface area contributed by atoms with Crippen LogP contribution < -0.4 is 10.6 Å². The number of piperidine rings is 1. The van der Waals surface area contributed by atoms with Crippen molar-refractivity contribution in [2.75, 3.05) is 18.9 Å². The molecule has 1 atom stereocenters. The van der Waals surface area contributed by atoms with Gasteiger partial charge in [-0.3, -0.25) is 9.69 Å². The van der Waals surface area contributed by atoms with Gasteiger partial charge in [-0.25, -0.2) is 0 Å². The smallest absolute Gasteiger partial charge is 0.150 e. The summed E-state index contributed by atoms with van der Waals surface area (Å²) in [6.07, 6.45) is 3.78. The Morgan fingerprint density at radius 3 is 2.79 bits per heavy atom. The minimum Gasteiger partial charge on any atom is -0.381 e. The van der Waals surface area contributed by atoms with Gasteiger partial charge in [0.2, 0.25) is 0 Å². The van der Waals surface area contributed by atoms with Crippen LogP contribution >= 0.6 is 0 Å². The van der Waals surface area contributed by atoms with Crippen LogP contribution in [0.25, 0.3) is 0 Å². The van der Waals surface area contributed by atoms with Gasteiger partial charge in [-0.1, -0.05) is 49.1 Å². The van der Waals surface area contributed by atoms with Crippen molar-refractivity contribution in [1.82, 2.24) is 10.2 Å². The van der Waals surface area contributed by atoms with Crippen molar-refractivity contribution < 1.29 is 4.79 Å². The first kappa shape index (κ1) is 20.9. The Morgan fingerprint density at radius 2 is 2.07 bits per heavy atom. The predicted octanol–water partition coefficient (Wildman–Crippen LogP) is 4.67. The lowest BCUT2D eigenvalue weighted by atomic mass is 9.99. The zero-order valence-electron chi connectivity index (χ0n) is 17.5. The van der Waals surface area contributed by atoms with Crippen LogP contribution in [0.2, 0.25) is 0 Å². The molecule has 0 bridgehead atoms. The molecule has 152 valence electrons. The Hall–Kier alpha value is -2.85. The van der Waals surface area contributed by atoms with Gasteiger partial charge in [0.25, 0.3) is 0 Å². The van der Waals surface area contributed by atoms with Gasteiger partial charge in [-0.15, -0.1) is 0 Å². The lowest BCUT2D eigenvalue weighted by Crippen LogP contribution is -2.41. The maximum absolute atomic E-state index is 11.7. The number of benzene rings is 2. The van der Waals surface area contributed by atoms with E-state index in [2.05, 4.69) is 79.1 Å². The average Bonchev–Trinajstić information content (AvgIpc) is 2.70. The maximum atomic E-state index is 11.7. The first-order valence-electron chi connectivity index (χ1n) is 10.2. The van der Waals surface area contributed by atoms with E-state index in [1.807, 2.05) is 6.07 Å². The van der Waals surface area contributed by atoms with Crippen molar-refractivity contribution in [3.05, 3.63) is 89.3 Å².